The Kier molecular flexibility index (Phi) is 5.75. The molecule has 0 fully saturated rings. The van der Waals surface area contributed by atoms with Gasteiger partial charge in [0.2, 0.25) is 0 Å². The molecule has 0 aliphatic rings. The summed E-state index contributed by atoms with van der Waals surface area (Å²) >= 11 is 0. The molecule has 0 N–H and O–H groups in total. The lowest BCUT2D eigenvalue weighted by Gasteiger charge is -1.95. The third kappa shape index (κ3) is 7.26. The Morgan fingerprint density at radius 3 is 2.55 bits per heavy atom. The normalized spacial score (nSPS) is 9.36. The number of rotatable bonds is 5. The summed E-state index contributed by atoms with van der Waals surface area (Å²) in [6, 6.07) is 0. The zero-order chi connectivity index (χ0) is 8.69. The highest BCUT2D eigenvalue weighted by Gasteiger charge is 1.95. The van der Waals surface area contributed by atoms with Crippen LogP contribution in [-0.4, -0.2) is 19.5 Å². The van der Waals surface area contributed by atoms with Crippen LogP contribution in [0.2, 0.25) is 0 Å². The van der Waals surface area contributed by atoms with Gasteiger partial charge in [-0.05, 0) is 26.3 Å². The molecule has 0 rings (SSSR count). The van der Waals surface area contributed by atoms with E-state index >= 15 is 0 Å². The van der Waals surface area contributed by atoms with E-state index in [0.717, 1.165) is 12.0 Å². The van der Waals surface area contributed by atoms with Crippen LogP contribution in [0.4, 0.5) is 0 Å². The Morgan fingerprint density at radius 2 is 2.09 bits per heavy atom. The summed E-state index contributed by atoms with van der Waals surface area (Å²) in [5.74, 6) is 0.196. The first-order chi connectivity index (χ1) is 5.16. The van der Waals surface area contributed by atoms with Crippen molar-refractivity contribution >= 4 is 5.78 Å². The van der Waals surface area contributed by atoms with Crippen molar-refractivity contribution in [3.05, 3.63) is 11.6 Å². The van der Waals surface area contributed by atoms with Crippen molar-refractivity contribution in [2.45, 2.75) is 26.7 Å². The summed E-state index contributed by atoms with van der Waals surface area (Å²) in [5.41, 5.74) is 1.06. The van der Waals surface area contributed by atoms with Crippen LogP contribution in [0.15, 0.2) is 11.6 Å². The Balaban J connectivity index is 3.46. The molecule has 0 atom stereocenters. The SMILES string of the molecule is COCCCC(=O)C=C(C)C. The fourth-order valence-corrected chi connectivity index (χ4v) is 0.785. The Labute approximate surface area is 68.2 Å². The summed E-state index contributed by atoms with van der Waals surface area (Å²) in [7, 11) is 1.64. The van der Waals surface area contributed by atoms with E-state index in [1.54, 1.807) is 13.2 Å². The number of hydrogen-bond acceptors (Lipinski definition) is 2. The van der Waals surface area contributed by atoms with Crippen LogP contribution < -0.4 is 0 Å². The molecule has 0 aromatic carbocycles. The van der Waals surface area contributed by atoms with Gasteiger partial charge in [-0.1, -0.05) is 5.57 Å². The monoisotopic (exact) mass is 156 g/mol. The molecule has 0 aliphatic heterocycles. The number of hydrogen-bond donors (Lipinski definition) is 0. The second-order valence-corrected chi connectivity index (χ2v) is 2.78. The maximum Gasteiger partial charge on any atom is 0.155 e. The van der Waals surface area contributed by atoms with Crippen molar-refractivity contribution in [3.8, 4) is 0 Å². The standard InChI is InChI=1S/C9H16O2/c1-8(2)7-9(10)5-4-6-11-3/h7H,4-6H2,1-3H3. The highest BCUT2D eigenvalue weighted by atomic mass is 16.5. The van der Waals surface area contributed by atoms with Crippen molar-refractivity contribution in [1.29, 1.82) is 0 Å². The van der Waals surface area contributed by atoms with Gasteiger partial charge in [0.15, 0.2) is 5.78 Å². The van der Waals surface area contributed by atoms with Gasteiger partial charge in [-0.2, -0.15) is 0 Å². The van der Waals surface area contributed by atoms with Crippen molar-refractivity contribution in [2.24, 2.45) is 0 Å². The van der Waals surface area contributed by atoms with Gasteiger partial charge in [-0.3, -0.25) is 4.79 Å². The Hall–Kier alpha value is -0.630. The number of ether oxygens (including phenoxy) is 1. The smallest absolute Gasteiger partial charge is 0.155 e. The molecule has 0 saturated carbocycles. The second-order valence-electron chi connectivity index (χ2n) is 2.78. The van der Waals surface area contributed by atoms with Gasteiger partial charge in [0.25, 0.3) is 0 Å². The van der Waals surface area contributed by atoms with Crippen molar-refractivity contribution in [1.82, 2.24) is 0 Å². The fourth-order valence-electron chi connectivity index (χ4n) is 0.785. The first-order valence-corrected chi connectivity index (χ1v) is 3.83. The average molecular weight is 156 g/mol. The van der Waals surface area contributed by atoms with Gasteiger partial charge in [-0.25, -0.2) is 0 Å². The molecule has 0 saturated heterocycles. The summed E-state index contributed by atoms with van der Waals surface area (Å²) < 4.78 is 4.82. The summed E-state index contributed by atoms with van der Waals surface area (Å²) in [5, 5.41) is 0. The molecule has 0 bridgehead atoms. The van der Waals surface area contributed by atoms with E-state index in [9.17, 15) is 4.79 Å². The predicted octanol–water partition coefficient (Wildman–Crippen LogP) is 1.95. The van der Waals surface area contributed by atoms with E-state index in [4.69, 9.17) is 4.74 Å². The Bertz CT molecular complexity index is 144. The second kappa shape index (κ2) is 6.10. The average Bonchev–Trinajstić information content (AvgIpc) is 1.86. The van der Waals surface area contributed by atoms with Crippen molar-refractivity contribution in [3.63, 3.8) is 0 Å². The quantitative estimate of drug-likeness (QED) is 0.449. The minimum absolute atomic E-state index is 0.196. The van der Waals surface area contributed by atoms with Crippen LogP contribution in [-0.2, 0) is 9.53 Å². The fraction of sp³-hybridized carbons (Fsp3) is 0.667. The van der Waals surface area contributed by atoms with Gasteiger partial charge in [0.05, 0.1) is 0 Å². The highest BCUT2D eigenvalue weighted by Crippen LogP contribution is 1.96. The molecule has 0 unspecified atom stereocenters. The largest absolute Gasteiger partial charge is 0.385 e. The molecule has 2 nitrogen and oxygen atoms in total. The van der Waals surface area contributed by atoms with Gasteiger partial charge >= 0.3 is 0 Å². The number of ketones is 1. The first-order valence-electron chi connectivity index (χ1n) is 3.83. The zero-order valence-electron chi connectivity index (χ0n) is 7.52. The molecule has 64 valence electrons. The molecule has 0 radical (unpaired) electrons. The third-order valence-electron chi connectivity index (χ3n) is 1.22. The first kappa shape index (κ1) is 10.4. The number of carbonyl (C=O) groups is 1. The molecule has 0 amide bonds. The van der Waals surface area contributed by atoms with Gasteiger partial charge in [0, 0.05) is 20.1 Å². The maximum absolute atomic E-state index is 11.0. The van der Waals surface area contributed by atoms with Crippen LogP contribution in [0.3, 0.4) is 0 Å². The molecule has 0 spiro atoms. The van der Waals surface area contributed by atoms with Crippen LogP contribution in [0, 0.1) is 0 Å². The van der Waals surface area contributed by atoms with E-state index in [1.165, 1.54) is 0 Å². The van der Waals surface area contributed by atoms with Crippen molar-refractivity contribution in [2.75, 3.05) is 13.7 Å². The number of allylic oxidation sites excluding steroid dienone is 2. The van der Waals surface area contributed by atoms with Crippen LogP contribution in [0.25, 0.3) is 0 Å². The minimum atomic E-state index is 0.196. The van der Waals surface area contributed by atoms with Gasteiger partial charge < -0.3 is 4.74 Å². The van der Waals surface area contributed by atoms with Crippen LogP contribution >= 0.6 is 0 Å². The number of carbonyl (C=O) groups excluding carboxylic acids is 1. The van der Waals surface area contributed by atoms with Gasteiger partial charge in [-0.15, -0.1) is 0 Å². The highest BCUT2D eigenvalue weighted by molar-refractivity contribution is 5.90. The summed E-state index contributed by atoms with van der Waals surface area (Å²) in [6.07, 6.45) is 3.09. The minimum Gasteiger partial charge on any atom is -0.385 e. The summed E-state index contributed by atoms with van der Waals surface area (Å²) in [6.45, 7) is 4.52. The van der Waals surface area contributed by atoms with Crippen LogP contribution in [0.5, 0.6) is 0 Å². The van der Waals surface area contributed by atoms with E-state index in [-0.39, 0.29) is 5.78 Å². The number of methoxy groups -OCH3 is 1. The Morgan fingerprint density at radius 1 is 1.45 bits per heavy atom. The molecule has 11 heavy (non-hydrogen) atoms. The van der Waals surface area contributed by atoms with Crippen molar-refractivity contribution < 1.29 is 9.53 Å². The lowest BCUT2D eigenvalue weighted by atomic mass is 10.2. The van der Waals surface area contributed by atoms with Gasteiger partial charge in [0.1, 0.15) is 0 Å². The summed E-state index contributed by atoms with van der Waals surface area (Å²) in [4.78, 5) is 11.0. The molecule has 0 aromatic heterocycles. The topological polar surface area (TPSA) is 26.3 Å². The molecule has 0 aromatic rings. The van der Waals surface area contributed by atoms with E-state index < -0.39 is 0 Å². The third-order valence-corrected chi connectivity index (χ3v) is 1.22. The van der Waals surface area contributed by atoms with Crippen LogP contribution in [0.1, 0.15) is 26.7 Å². The zero-order valence-corrected chi connectivity index (χ0v) is 7.52. The molecule has 2 heteroatoms. The molecular weight excluding hydrogens is 140 g/mol. The molecule has 0 aliphatic carbocycles. The van der Waals surface area contributed by atoms with E-state index in [0.29, 0.717) is 13.0 Å². The lowest BCUT2D eigenvalue weighted by Crippen LogP contribution is -1.96. The predicted molar refractivity (Wildman–Crippen MR) is 45.5 cm³/mol. The molecule has 0 heterocycles. The van der Waals surface area contributed by atoms with E-state index in [1.807, 2.05) is 13.8 Å². The molecular formula is C9H16O2. The maximum atomic E-state index is 11.0. The lowest BCUT2D eigenvalue weighted by molar-refractivity contribution is -0.114. The van der Waals surface area contributed by atoms with E-state index in [2.05, 4.69) is 0 Å².